The van der Waals surface area contributed by atoms with Crippen molar-refractivity contribution in [3.05, 3.63) is 63.9 Å². The van der Waals surface area contributed by atoms with Gasteiger partial charge in [0.1, 0.15) is 0 Å². The fourth-order valence-corrected chi connectivity index (χ4v) is 5.78. The first-order chi connectivity index (χ1) is 13.9. The number of amides is 1. The van der Waals surface area contributed by atoms with Crippen molar-refractivity contribution < 1.29 is 17.9 Å². The molecule has 0 saturated carbocycles. The number of fused-ring (bicyclic) bond motifs is 2. The van der Waals surface area contributed by atoms with Crippen molar-refractivity contribution in [3.8, 4) is 0 Å². The van der Waals surface area contributed by atoms with E-state index in [2.05, 4.69) is 4.98 Å². The summed E-state index contributed by atoms with van der Waals surface area (Å²) in [7, 11) is -3.56. The van der Waals surface area contributed by atoms with Crippen molar-refractivity contribution in [3.63, 3.8) is 0 Å². The molecule has 0 spiro atoms. The predicted octanol–water partition coefficient (Wildman–Crippen LogP) is 4.08. The molecule has 1 aromatic heterocycles. The summed E-state index contributed by atoms with van der Waals surface area (Å²) in [6.07, 6.45) is 2.63. The van der Waals surface area contributed by atoms with Crippen molar-refractivity contribution in [2.75, 3.05) is 19.7 Å². The van der Waals surface area contributed by atoms with Gasteiger partial charge >= 0.3 is 6.09 Å². The van der Waals surface area contributed by atoms with E-state index < -0.39 is 9.84 Å². The Kier molecular flexibility index (Phi) is 5.36. The van der Waals surface area contributed by atoms with Gasteiger partial charge in [0, 0.05) is 35.4 Å². The number of hydrogen-bond acceptors (Lipinski definition) is 5. The van der Waals surface area contributed by atoms with E-state index in [1.54, 1.807) is 36.2 Å². The largest absolute Gasteiger partial charge is 0.450 e. The number of benzene rings is 1. The first kappa shape index (κ1) is 19.9. The van der Waals surface area contributed by atoms with Crippen molar-refractivity contribution in [1.29, 1.82) is 0 Å². The van der Waals surface area contributed by atoms with Gasteiger partial charge < -0.3 is 9.64 Å². The van der Waals surface area contributed by atoms with Gasteiger partial charge in [-0.15, -0.1) is 0 Å². The molecular formula is C21H21ClN2O4S. The number of rotatable bonds is 1. The van der Waals surface area contributed by atoms with E-state index in [-0.39, 0.29) is 16.7 Å². The van der Waals surface area contributed by atoms with E-state index in [9.17, 15) is 13.2 Å². The van der Waals surface area contributed by atoms with Crippen LogP contribution in [-0.4, -0.2) is 44.1 Å². The second-order valence-electron chi connectivity index (χ2n) is 7.08. The minimum atomic E-state index is -3.56. The normalized spacial score (nSPS) is 17.9. The van der Waals surface area contributed by atoms with Crippen LogP contribution in [0.5, 0.6) is 0 Å². The first-order valence-electron chi connectivity index (χ1n) is 9.51. The zero-order valence-electron chi connectivity index (χ0n) is 16.0. The second-order valence-corrected chi connectivity index (χ2v) is 9.47. The molecule has 6 nitrogen and oxygen atoms in total. The number of carbonyl (C=O) groups is 1. The van der Waals surface area contributed by atoms with E-state index in [1.165, 1.54) is 6.07 Å². The molecule has 2 aromatic rings. The Balaban J connectivity index is 1.85. The number of piperidine rings is 1. The van der Waals surface area contributed by atoms with Crippen LogP contribution in [0.1, 0.15) is 36.6 Å². The van der Waals surface area contributed by atoms with Crippen LogP contribution in [0.15, 0.2) is 47.0 Å². The molecule has 2 aliphatic rings. The number of aromatic nitrogens is 1. The molecule has 1 aromatic carbocycles. The molecule has 2 aliphatic heterocycles. The molecule has 1 amide bonds. The molecule has 1 fully saturated rings. The van der Waals surface area contributed by atoms with E-state index in [4.69, 9.17) is 16.3 Å². The molecule has 0 atom stereocenters. The van der Waals surface area contributed by atoms with Crippen molar-refractivity contribution >= 4 is 33.1 Å². The first-order valence-corrected chi connectivity index (χ1v) is 11.5. The molecule has 29 heavy (non-hydrogen) atoms. The maximum atomic E-state index is 13.1. The Hall–Kier alpha value is -2.38. The molecule has 0 aliphatic carbocycles. The lowest BCUT2D eigenvalue weighted by Crippen LogP contribution is -2.37. The zero-order chi connectivity index (χ0) is 20.6. The number of carbonyl (C=O) groups excluding carboxylic acids is 1. The van der Waals surface area contributed by atoms with Gasteiger partial charge in [-0.1, -0.05) is 29.3 Å². The Morgan fingerprint density at radius 2 is 2.00 bits per heavy atom. The van der Waals surface area contributed by atoms with Gasteiger partial charge in [-0.3, -0.25) is 4.98 Å². The van der Waals surface area contributed by atoms with Crippen molar-refractivity contribution in [1.82, 2.24) is 9.88 Å². The molecule has 0 bridgehead atoms. The summed E-state index contributed by atoms with van der Waals surface area (Å²) < 4.78 is 31.2. The number of pyridine rings is 1. The standard InChI is InChI=1S/C21H21ClN2O4S/c1-2-28-21(25)24-10-7-14(8-11-24)19-17-6-5-16(22)12-18(17)29(26,27)13-15-4-3-9-23-20(15)19/h3-6,9,12H,2,7-8,10-11,13H2,1H3. The molecule has 1 saturated heterocycles. The Morgan fingerprint density at radius 3 is 2.72 bits per heavy atom. The van der Waals surface area contributed by atoms with E-state index in [1.807, 2.05) is 6.07 Å². The number of nitrogens with zero attached hydrogens (tertiary/aromatic N) is 2. The Morgan fingerprint density at radius 1 is 1.24 bits per heavy atom. The lowest BCUT2D eigenvalue weighted by molar-refractivity contribution is 0.104. The van der Waals surface area contributed by atoms with Crippen LogP contribution >= 0.6 is 11.6 Å². The van der Waals surface area contributed by atoms with Crippen LogP contribution in [0.25, 0.3) is 5.57 Å². The lowest BCUT2D eigenvalue weighted by Gasteiger charge is -2.29. The van der Waals surface area contributed by atoms with Gasteiger partial charge in [0.15, 0.2) is 9.84 Å². The number of ether oxygens (including phenoxy) is 1. The summed E-state index contributed by atoms with van der Waals surface area (Å²) in [6.45, 7) is 3.17. The second kappa shape index (κ2) is 7.80. The topological polar surface area (TPSA) is 76.6 Å². The van der Waals surface area contributed by atoms with E-state index in [0.717, 1.165) is 11.1 Å². The number of sulfone groups is 1. The molecule has 8 heteroatoms. The van der Waals surface area contributed by atoms with Gasteiger partial charge in [0.05, 0.1) is 22.9 Å². The monoisotopic (exact) mass is 432 g/mol. The number of halogens is 1. The van der Waals surface area contributed by atoms with Gasteiger partial charge in [-0.05, 0) is 43.5 Å². The van der Waals surface area contributed by atoms with Crippen LogP contribution in [0.4, 0.5) is 4.79 Å². The smallest absolute Gasteiger partial charge is 0.409 e. The van der Waals surface area contributed by atoms with E-state index >= 15 is 0 Å². The SMILES string of the molecule is CCOC(=O)N1CCC(=C2c3ccc(Cl)cc3S(=O)(=O)Cc3cccnc32)CC1. The van der Waals surface area contributed by atoms with Gasteiger partial charge in [-0.25, -0.2) is 13.2 Å². The van der Waals surface area contributed by atoms with Gasteiger partial charge in [0.2, 0.25) is 0 Å². The van der Waals surface area contributed by atoms with Gasteiger partial charge in [-0.2, -0.15) is 0 Å². The third-order valence-corrected chi connectivity index (χ3v) is 7.20. The Bertz CT molecular complexity index is 1100. The summed E-state index contributed by atoms with van der Waals surface area (Å²) in [5.74, 6) is -0.116. The zero-order valence-corrected chi connectivity index (χ0v) is 17.6. The fraction of sp³-hybridized carbons (Fsp3) is 0.333. The highest BCUT2D eigenvalue weighted by Crippen LogP contribution is 2.41. The molecule has 3 heterocycles. The van der Waals surface area contributed by atoms with Crippen LogP contribution in [-0.2, 0) is 20.3 Å². The Labute approximate surface area is 175 Å². The molecule has 4 rings (SSSR count). The van der Waals surface area contributed by atoms with Crippen molar-refractivity contribution in [2.24, 2.45) is 0 Å². The fourth-order valence-electron chi connectivity index (χ4n) is 3.93. The highest BCUT2D eigenvalue weighted by Gasteiger charge is 2.32. The quantitative estimate of drug-likeness (QED) is 0.678. The third kappa shape index (κ3) is 3.76. The van der Waals surface area contributed by atoms with Crippen LogP contribution in [0.2, 0.25) is 5.02 Å². The highest BCUT2D eigenvalue weighted by molar-refractivity contribution is 7.90. The van der Waals surface area contributed by atoms with Crippen LogP contribution in [0, 0.1) is 0 Å². The third-order valence-electron chi connectivity index (χ3n) is 5.27. The maximum absolute atomic E-state index is 13.1. The average Bonchev–Trinajstić information content (AvgIpc) is 2.80. The minimum Gasteiger partial charge on any atom is -0.450 e. The number of likely N-dealkylation sites (tertiary alicyclic amines) is 1. The maximum Gasteiger partial charge on any atom is 0.409 e. The minimum absolute atomic E-state index is 0.116. The summed E-state index contributed by atoms with van der Waals surface area (Å²) in [5.41, 5.74) is 3.93. The molecule has 0 unspecified atom stereocenters. The van der Waals surface area contributed by atoms with Gasteiger partial charge in [0.25, 0.3) is 0 Å². The van der Waals surface area contributed by atoms with Crippen LogP contribution in [0.3, 0.4) is 0 Å². The molecular weight excluding hydrogens is 412 g/mol. The molecule has 0 N–H and O–H groups in total. The molecule has 0 radical (unpaired) electrons. The molecule has 152 valence electrons. The summed E-state index contributed by atoms with van der Waals surface area (Å²) in [6, 6.07) is 8.55. The average molecular weight is 433 g/mol. The highest BCUT2D eigenvalue weighted by atomic mass is 35.5. The predicted molar refractivity (Wildman–Crippen MR) is 110 cm³/mol. The van der Waals surface area contributed by atoms with Crippen molar-refractivity contribution in [2.45, 2.75) is 30.4 Å². The summed E-state index contributed by atoms with van der Waals surface area (Å²) >= 11 is 6.13. The van der Waals surface area contributed by atoms with E-state index in [0.29, 0.717) is 54.4 Å². The lowest BCUT2D eigenvalue weighted by atomic mass is 9.89. The van der Waals surface area contributed by atoms with Crippen LogP contribution < -0.4 is 0 Å². The summed E-state index contributed by atoms with van der Waals surface area (Å²) in [5, 5.41) is 0.382. The number of hydrogen-bond donors (Lipinski definition) is 0. The summed E-state index contributed by atoms with van der Waals surface area (Å²) in [4.78, 5) is 18.5.